The van der Waals surface area contributed by atoms with Gasteiger partial charge in [-0.05, 0) is 36.7 Å². The molecular weight excluding hydrogens is 252 g/mol. The van der Waals surface area contributed by atoms with Gasteiger partial charge in [-0.25, -0.2) is 0 Å². The Labute approximate surface area is 117 Å². The molecule has 2 heterocycles. The molecule has 0 aliphatic carbocycles. The van der Waals surface area contributed by atoms with E-state index in [0.717, 1.165) is 12.1 Å². The van der Waals surface area contributed by atoms with Crippen molar-refractivity contribution in [1.82, 2.24) is 10.3 Å². The summed E-state index contributed by atoms with van der Waals surface area (Å²) in [5.41, 5.74) is 1.12. The van der Waals surface area contributed by atoms with Gasteiger partial charge in [0.05, 0.1) is 0 Å². The van der Waals surface area contributed by atoms with Crippen LogP contribution >= 0.6 is 11.3 Å². The Morgan fingerprint density at radius 2 is 2.00 bits per heavy atom. The van der Waals surface area contributed by atoms with Crippen molar-refractivity contribution < 1.29 is 0 Å². The highest BCUT2D eigenvalue weighted by Gasteiger charge is 2.13. The third kappa shape index (κ3) is 2.67. The van der Waals surface area contributed by atoms with Gasteiger partial charge < -0.3 is 5.32 Å². The molecule has 2 aromatic heterocycles. The lowest BCUT2D eigenvalue weighted by Gasteiger charge is -2.13. The van der Waals surface area contributed by atoms with E-state index in [-0.39, 0.29) is 0 Å². The van der Waals surface area contributed by atoms with Crippen molar-refractivity contribution >= 4 is 21.4 Å². The third-order valence-corrected chi connectivity index (χ3v) is 4.51. The monoisotopic (exact) mass is 268 g/mol. The molecule has 1 unspecified atom stereocenters. The summed E-state index contributed by atoms with van der Waals surface area (Å²) in [7, 11) is 2.01. The van der Waals surface area contributed by atoms with Crippen LogP contribution in [0, 0.1) is 0 Å². The minimum atomic E-state index is 0.326. The summed E-state index contributed by atoms with van der Waals surface area (Å²) in [5, 5.41) is 4.72. The first kappa shape index (κ1) is 12.3. The molecule has 0 saturated carbocycles. The van der Waals surface area contributed by atoms with Crippen LogP contribution < -0.4 is 5.32 Å². The summed E-state index contributed by atoms with van der Waals surface area (Å²) in [5.74, 6) is 0. The smallest absolute Gasteiger partial charge is 0.0468 e. The van der Waals surface area contributed by atoms with Crippen molar-refractivity contribution in [2.45, 2.75) is 12.5 Å². The SMILES string of the molecule is CNC(Cc1ccccn1)c1cc2ccccc2s1. The van der Waals surface area contributed by atoms with E-state index in [0.29, 0.717) is 6.04 Å². The first-order valence-corrected chi connectivity index (χ1v) is 7.24. The number of pyridine rings is 1. The highest BCUT2D eigenvalue weighted by atomic mass is 32.1. The van der Waals surface area contributed by atoms with E-state index in [1.807, 2.05) is 36.7 Å². The highest BCUT2D eigenvalue weighted by Crippen LogP contribution is 2.30. The normalized spacial score (nSPS) is 12.7. The van der Waals surface area contributed by atoms with E-state index in [1.165, 1.54) is 15.0 Å². The van der Waals surface area contributed by atoms with E-state index in [1.54, 1.807) is 0 Å². The van der Waals surface area contributed by atoms with Gasteiger partial charge in [0.15, 0.2) is 0 Å². The quantitative estimate of drug-likeness (QED) is 0.778. The lowest BCUT2D eigenvalue weighted by atomic mass is 10.1. The number of thiophene rings is 1. The molecule has 0 amide bonds. The second-order valence-corrected chi connectivity index (χ2v) is 5.67. The Hall–Kier alpha value is -1.71. The average Bonchev–Trinajstić information content (AvgIpc) is 2.89. The number of nitrogens with zero attached hydrogens (tertiary/aromatic N) is 1. The molecule has 3 heteroatoms. The standard InChI is InChI=1S/C16H16N2S/c1-17-14(11-13-7-4-5-9-18-13)16-10-12-6-2-3-8-15(12)19-16/h2-10,14,17H,11H2,1H3. The molecule has 0 aliphatic heterocycles. The lowest BCUT2D eigenvalue weighted by Crippen LogP contribution is -2.18. The summed E-state index contributed by atoms with van der Waals surface area (Å²) in [6.45, 7) is 0. The largest absolute Gasteiger partial charge is 0.312 e. The average molecular weight is 268 g/mol. The van der Waals surface area contributed by atoms with Crippen molar-refractivity contribution in [3.63, 3.8) is 0 Å². The van der Waals surface area contributed by atoms with E-state index in [2.05, 4.69) is 46.7 Å². The number of rotatable bonds is 4. The highest BCUT2D eigenvalue weighted by molar-refractivity contribution is 7.19. The maximum atomic E-state index is 4.41. The Bertz CT molecular complexity index is 628. The summed E-state index contributed by atoms with van der Waals surface area (Å²) < 4.78 is 1.35. The molecule has 0 radical (unpaired) electrons. The van der Waals surface area contributed by atoms with Gasteiger partial charge in [-0.1, -0.05) is 24.3 Å². The van der Waals surface area contributed by atoms with Crippen molar-refractivity contribution in [3.8, 4) is 0 Å². The van der Waals surface area contributed by atoms with Gasteiger partial charge in [-0.3, -0.25) is 4.98 Å². The Balaban J connectivity index is 1.89. The van der Waals surface area contributed by atoms with Crippen LogP contribution in [0.15, 0.2) is 54.7 Å². The predicted octanol–water partition coefficient (Wildman–Crippen LogP) is 3.80. The van der Waals surface area contributed by atoms with Gasteiger partial charge in [-0.2, -0.15) is 0 Å². The number of nitrogens with one attached hydrogen (secondary N) is 1. The van der Waals surface area contributed by atoms with E-state index in [9.17, 15) is 0 Å². The molecule has 19 heavy (non-hydrogen) atoms. The van der Waals surface area contributed by atoms with Gasteiger partial charge in [0.25, 0.3) is 0 Å². The summed E-state index contributed by atoms with van der Waals surface area (Å²) in [6.07, 6.45) is 2.77. The molecule has 0 aliphatic rings. The molecule has 0 bridgehead atoms. The van der Waals surface area contributed by atoms with E-state index in [4.69, 9.17) is 0 Å². The van der Waals surface area contributed by atoms with Gasteiger partial charge in [-0.15, -0.1) is 11.3 Å². The molecule has 3 rings (SSSR count). The third-order valence-electron chi connectivity index (χ3n) is 3.28. The predicted molar refractivity (Wildman–Crippen MR) is 81.6 cm³/mol. The van der Waals surface area contributed by atoms with Crippen molar-refractivity contribution in [2.75, 3.05) is 7.05 Å². The molecule has 1 aromatic carbocycles. The Morgan fingerprint density at radius 1 is 1.16 bits per heavy atom. The van der Waals surface area contributed by atoms with E-state index < -0.39 is 0 Å². The Kier molecular flexibility index (Phi) is 3.58. The second kappa shape index (κ2) is 5.51. The molecule has 0 saturated heterocycles. The van der Waals surface area contributed by atoms with Crippen molar-refractivity contribution in [1.29, 1.82) is 0 Å². The maximum absolute atomic E-state index is 4.41. The number of benzene rings is 1. The van der Waals surface area contributed by atoms with Crippen LogP contribution in [-0.4, -0.2) is 12.0 Å². The van der Waals surface area contributed by atoms with Gasteiger partial charge in [0, 0.05) is 33.9 Å². The first-order chi connectivity index (χ1) is 9.36. The molecule has 2 nitrogen and oxygen atoms in total. The fourth-order valence-corrected chi connectivity index (χ4v) is 3.42. The van der Waals surface area contributed by atoms with Gasteiger partial charge in [0.2, 0.25) is 0 Å². The van der Waals surface area contributed by atoms with Crippen molar-refractivity contribution in [3.05, 3.63) is 65.3 Å². The fraction of sp³-hybridized carbons (Fsp3) is 0.188. The lowest BCUT2D eigenvalue weighted by molar-refractivity contribution is 0.594. The summed E-state index contributed by atoms with van der Waals surface area (Å²) in [4.78, 5) is 5.78. The molecular formula is C16H16N2S. The number of hydrogen-bond acceptors (Lipinski definition) is 3. The van der Waals surface area contributed by atoms with Gasteiger partial charge in [0.1, 0.15) is 0 Å². The molecule has 0 fully saturated rings. The second-order valence-electron chi connectivity index (χ2n) is 4.55. The minimum Gasteiger partial charge on any atom is -0.312 e. The molecule has 0 spiro atoms. The first-order valence-electron chi connectivity index (χ1n) is 6.42. The zero-order valence-corrected chi connectivity index (χ0v) is 11.7. The van der Waals surface area contributed by atoms with Crippen LogP contribution in [0.5, 0.6) is 0 Å². The topological polar surface area (TPSA) is 24.9 Å². The number of fused-ring (bicyclic) bond motifs is 1. The number of aromatic nitrogens is 1. The van der Waals surface area contributed by atoms with E-state index >= 15 is 0 Å². The van der Waals surface area contributed by atoms with Gasteiger partial charge >= 0.3 is 0 Å². The van der Waals surface area contributed by atoms with Crippen LogP contribution in [-0.2, 0) is 6.42 Å². The molecule has 3 aromatic rings. The van der Waals surface area contributed by atoms with Crippen molar-refractivity contribution in [2.24, 2.45) is 0 Å². The maximum Gasteiger partial charge on any atom is 0.0468 e. The molecule has 96 valence electrons. The Morgan fingerprint density at radius 3 is 2.74 bits per heavy atom. The number of hydrogen-bond donors (Lipinski definition) is 1. The molecule has 1 N–H and O–H groups in total. The summed E-state index contributed by atoms with van der Waals surface area (Å²) >= 11 is 1.86. The van der Waals surface area contributed by atoms with Crippen LogP contribution in [0.4, 0.5) is 0 Å². The number of likely N-dealkylation sites (N-methyl/N-ethyl adjacent to an activating group) is 1. The van der Waals surface area contributed by atoms with Crippen LogP contribution in [0.1, 0.15) is 16.6 Å². The fourth-order valence-electron chi connectivity index (χ4n) is 2.25. The molecule has 1 atom stereocenters. The van der Waals surface area contributed by atoms with Crippen LogP contribution in [0.25, 0.3) is 10.1 Å². The zero-order valence-electron chi connectivity index (χ0n) is 10.8. The van der Waals surface area contributed by atoms with Crippen LogP contribution in [0.2, 0.25) is 0 Å². The minimum absolute atomic E-state index is 0.326. The zero-order chi connectivity index (χ0) is 13.1. The summed E-state index contributed by atoms with van der Waals surface area (Å²) in [6, 6.07) is 17.2. The van der Waals surface area contributed by atoms with Crippen LogP contribution in [0.3, 0.4) is 0 Å².